The van der Waals surface area contributed by atoms with Crippen LogP contribution in [0, 0.1) is 52.8 Å². The number of hydrogen-bond acceptors (Lipinski definition) is 0. The van der Waals surface area contributed by atoms with Crippen LogP contribution in [0.15, 0.2) is 0 Å². The summed E-state index contributed by atoms with van der Waals surface area (Å²) in [4.78, 5) is 0. The van der Waals surface area contributed by atoms with Crippen LogP contribution < -0.4 is 0 Å². The predicted octanol–water partition coefficient (Wildman–Crippen LogP) is 6.30. The highest BCUT2D eigenvalue weighted by Gasteiger charge is 2.59. The van der Waals surface area contributed by atoms with Crippen LogP contribution in [-0.2, 0) is 0 Å². The largest absolute Gasteiger partial charge is 0.0625 e. The van der Waals surface area contributed by atoms with Crippen LogP contribution in [0.4, 0.5) is 0 Å². The lowest BCUT2D eigenvalue weighted by atomic mass is 9.49. The summed E-state index contributed by atoms with van der Waals surface area (Å²) in [5, 5.41) is 0. The van der Waals surface area contributed by atoms with Gasteiger partial charge in [0.15, 0.2) is 0 Å². The lowest BCUT2D eigenvalue weighted by Crippen LogP contribution is -2.48. The Bertz CT molecular complexity index is 435. The number of fused-ring (bicyclic) bond motifs is 5. The molecule has 0 nitrogen and oxygen atoms in total. The minimum absolute atomic E-state index is 0.761. The zero-order valence-electron chi connectivity index (χ0n) is 14.9. The molecule has 0 spiro atoms. The molecule has 5 aliphatic carbocycles. The van der Waals surface area contributed by atoms with Crippen molar-refractivity contribution in [3.05, 3.63) is 0 Å². The Morgan fingerprint density at radius 3 is 2.18 bits per heavy atom. The minimum Gasteiger partial charge on any atom is -0.0625 e. The molecule has 5 aliphatic rings. The van der Waals surface area contributed by atoms with Crippen LogP contribution in [-0.4, -0.2) is 0 Å². The van der Waals surface area contributed by atoms with Gasteiger partial charge in [0.1, 0.15) is 0 Å². The van der Waals surface area contributed by atoms with E-state index in [4.69, 9.17) is 0 Å². The molecular formula is C22H36. The fourth-order valence-corrected chi connectivity index (χ4v) is 8.40. The Morgan fingerprint density at radius 2 is 1.36 bits per heavy atom. The average molecular weight is 301 g/mol. The van der Waals surface area contributed by atoms with Crippen LogP contribution >= 0.6 is 0 Å². The Balaban J connectivity index is 1.38. The molecule has 0 heterocycles. The maximum absolute atomic E-state index is 2.74. The van der Waals surface area contributed by atoms with E-state index in [0.29, 0.717) is 0 Å². The Morgan fingerprint density at radius 1 is 0.636 bits per heavy atom. The van der Waals surface area contributed by atoms with Crippen molar-refractivity contribution in [1.82, 2.24) is 0 Å². The third kappa shape index (κ3) is 2.01. The van der Waals surface area contributed by atoms with Crippen molar-refractivity contribution in [3.8, 4) is 0 Å². The summed E-state index contributed by atoms with van der Waals surface area (Å²) in [6.07, 6.45) is 17.4. The molecule has 8 atom stereocenters. The van der Waals surface area contributed by atoms with Crippen molar-refractivity contribution < 1.29 is 0 Å². The molecule has 0 heteroatoms. The van der Waals surface area contributed by atoms with Gasteiger partial charge in [-0.25, -0.2) is 0 Å². The van der Waals surface area contributed by atoms with Gasteiger partial charge in [-0.1, -0.05) is 20.3 Å². The Labute approximate surface area is 137 Å². The highest BCUT2D eigenvalue weighted by Crippen LogP contribution is 2.67. The van der Waals surface area contributed by atoms with Crippen LogP contribution in [0.25, 0.3) is 0 Å². The van der Waals surface area contributed by atoms with Crippen molar-refractivity contribution in [2.75, 3.05) is 0 Å². The fraction of sp³-hybridized carbons (Fsp3) is 1.00. The smallest absolute Gasteiger partial charge is 0.0264 e. The highest BCUT2D eigenvalue weighted by atomic mass is 14.6. The summed E-state index contributed by atoms with van der Waals surface area (Å²) in [6.45, 7) is 5.25. The molecule has 5 saturated carbocycles. The first-order valence-electron chi connectivity index (χ1n) is 10.7. The van der Waals surface area contributed by atoms with E-state index in [1.807, 2.05) is 0 Å². The molecule has 0 radical (unpaired) electrons. The van der Waals surface area contributed by atoms with Gasteiger partial charge < -0.3 is 0 Å². The first-order chi connectivity index (χ1) is 10.7. The van der Waals surface area contributed by atoms with Gasteiger partial charge >= 0.3 is 0 Å². The molecular weight excluding hydrogens is 264 g/mol. The second-order valence-electron chi connectivity index (χ2n) is 10.4. The Hall–Kier alpha value is 0. The zero-order valence-corrected chi connectivity index (χ0v) is 14.9. The quantitative estimate of drug-likeness (QED) is 0.533. The molecule has 0 amide bonds. The average Bonchev–Trinajstić information content (AvgIpc) is 3.28. The first-order valence-corrected chi connectivity index (χ1v) is 10.7. The lowest BCUT2D eigenvalue weighted by molar-refractivity contribution is -0.0693. The SMILES string of the molecule is CC1CCC2C(CCC3C2CCC2(C)C(C4CC4)CCC32)C1. The van der Waals surface area contributed by atoms with E-state index in [1.165, 1.54) is 6.42 Å². The number of rotatable bonds is 1. The molecule has 0 aromatic rings. The van der Waals surface area contributed by atoms with E-state index in [-0.39, 0.29) is 0 Å². The summed E-state index contributed by atoms with van der Waals surface area (Å²) >= 11 is 0. The molecule has 5 rings (SSSR count). The van der Waals surface area contributed by atoms with Crippen LogP contribution in [0.2, 0.25) is 0 Å². The van der Waals surface area contributed by atoms with Gasteiger partial charge in [0, 0.05) is 0 Å². The van der Waals surface area contributed by atoms with E-state index in [9.17, 15) is 0 Å². The van der Waals surface area contributed by atoms with Crippen molar-refractivity contribution >= 4 is 0 Å². The molecule has 124 valence electrons. The van der Waals surface area contributed by atoms with E-state index in [0.717, 1.165) is 52.8 Å². The molecule has 0 aliphatic heterocycles. The summed E-state index contributed by atoms with van der Waals surface area (Å²) in [5.74, 6) is 8.96. The van der Waals surface area contributed by atoms with Gasteiger partial charge in [-0.15, -0.1) is 0 Å². The molecule has 0 bridgehead atoms. The van der Waals surface area contributed by atoms with Crippen molar-refractivity contribution in [1.29, 1.82) is 0 Å². The molecule has 5 fully saturated rings. The number of hydrogen-bond donors (Lipinski definition) is 0. The van der Waals surface area contributed by atoms with E-state index >= 15 is 0 Å². The molecule has 22 heavy (non-hydrogen) atoms. The normalized spacial score (nSPS) is 57.8. The minimum atomic E-state index is 0.761. The zero-order chi connectivity index (χ0) is 14.9. The van der Waals surface area contributed by atoms with Gasteiger partial charge in [0.25, 0.3) is 0 Å². The first kappa shape index (κ1) is 14.4. The standard InChI is InChI=1S/C22H36/c1-14-3-7-17-16(13-14)6-8-19-18(17)11-12-22(2)20(15-4-5-15)9-10-21(19)22/h14-21H,3-13H2,1-2H3. The third-order valence-corrected chi connectivity index (χ3v) is 9.48. The van der Waals surface area contributed by atoms with E-state index in [1.54, 1.807) is 64.2 Å². The third-order valence-electron chi connectivity index (χ3n) is 9.48. The summed E-state index contributed by atoms with van der Waals surface area (Å²) < 4.78 is 0. The lowest BCUT2D eigenvalue weighted by Gasteiger charge is -2.56. The molecule has 0 aromatic carbocycles. The van der Waals surface area contributed by atoms with Crippen molar-refractivity contribution in [2.45, 2.75) is 84.5 Å². The van der Waals surface area contributed by atoms with Crippen LogP contribution in [0.5, 0.6) is 0 Å². The van der Waals surface area contributed by atoms with Gasteiger partial charge in [0.05, 0.1) is 0 Å². The topological polar surface area (TPSA) is 0 Å². The monoisotopic (exact) mass is 300 g/mol. The highest BCUT2D eigenvalue weighted by molar-refractivity contribution is 5.08. The summed E-state index contributed by atoms with van der Waals surface area (Å²) in [7, 11) is 0. The molecule has 0 N–H and O–H groups in total. The maximum atomic E-state index is 2.74. The van der Waals surface area contributed by atoms with Crippen LogP contribution in [0.1, 0.15) is 84.5 Å². The summed E-state index contributed by atoms with van der Waals surface area (Å²) in [6, 6.07) is 0. The fourth-order valence-electron chi connectivity index (χ4n) is 8.40. The predicted molar refractivity (Wildman–Crippen MR) is 92.5 cm³/mol. The van der Waals surface area contributed by atoms with Gasteiger partial charge in [0.2, 0.25) is 0 Å². The van der Waals surface area contributed by atoms with E-state index in [2.05, 4.69) is 13.8 Å². The van der Waals surface area contributed by atoms with E-state index < -0.39 is 0 Å². The van der Waals surface area contributed by atoms with Crippen molar-refractivity contribution in [3.63, 3.8) is 0 Å². The van der Waals surface area contributed by atoms with Gasteiger partial charge in [-0.3, -0.25) is 0 Å². The van der Waals surface area contributed by atoms with Gasteiger partial charge in [-0.05, 0) is 117 Å². The van der Waals surface area contributed by atoms with Gasteiger partial charge in [-0.2, -0.15) is 0 Å². The second-order valence-corrected chi connectivity index (χ2v) is 10.4. The van der Waals surface area contributed by atoms with Crippen LogP contribution in [0.3, 0.4) is 0 Å². The van der Waals surface area contributed by atoms with Crippen molar-refractivity contribution in [2.24, 2.45) is 52.8 Å². The molecule has 0 aromatic heterocycles. The molecule has 8 unspecified atom stereocenters. The summed E-state index contributed by atoms with van der Waals surface area (Å²) in [5.41, 5.74) is 0.761. The molecule has 0 saturated heterocycles. The second kappa shape index (κ2) is 5.00. The maximum Gasteiger partial charge on any atom is -0.0264 e. The Kier molecular flexibility index (Phi) is 3.26.